The maximum atomic E-state index is 12.6. The average Bonchev–Trinajstić information content (AvgIpc) is 2.80. The molecule has 32 heavy (non-hydrogen) atoms. The Morgan fingerprint density at radius 2 is 1.53 bits per heavy atom. The van der Waals surface area contributed by atoms with E-state index in [9.17, 15) is 18.0 Å². The number of hydrogen-bond donors (Lipinski definition) is 2. The van der Waals surface area contributed by atoms with Crippen LogP contribution in [-0.2, 0) is 19.6 Å². The van der Waals surface area contributed by atoms with E-state index in [1.165, 1.54) is 31.2 Å². The van der Waals surface area contributed by atoms with Crippen molar-refractivity contribution in [1.82, 2.24) is 4.72 Å². The standard InChI is InChI=1S/C24H24N2O5S/c1-3-25-32(29,30)20-15-13-19(14-16-20)24(28)31-17(2)23(27)26-22-12-8-7-11-21(22)18-9-5-4-6-10-18/h4-17,25H,3H2,1-2H3,(H,26,27). The summed E-state index contributed by atoms with van der Waals surface area (Å²) in [6.07, 6.45) is -1.06. The second-order valence-corrected chi connectivity index (χ2v) is 8.74. The Kier molecular flexibility index (Phi) is 7.40. The van der Waals surface area contributed by atoms with Gasteiger partial charge in [0.1, 0.15) is 0 Å². The summed E-state index contributed by atoms with van der Waals surface area (Å²) >= 11 is 0. The Morgan fingerprint density at radius 3 is 2.19 bits per heavy atom. The van der Waals surface area contributed by atoms with Crippen LogP contribution in [0, 0.1) is 0 Å². The lowest BCUT2D eigenvalue weighted by Gasteiger charge is -2.16. The van der Waals surface area contributed by atoms with Gasteiger partial charge in [-0.05, 0) is 42.8 Å². The van der Waals surface area contributed by atoms with Crippen LogP contribution in [-0.4, -0.2) is 32.9 Å². The number of para-hydroxylation sites is 1. The molecule has 0 aromatic heterocycles. The predicted octanol–water partition coefficient (Wildman–Crippen LogP) is 3.84. The van der Waals surface area contributed by atoms with Crippen molar-refractivity contribution in [2.75, 3.05) is 11.9 Å². The van der Waals surface area contributed by atoms with Crippen LogP contribution >= 0.6 is 0 Å². The van der Waals surface area contributed by atoms with E-state index in [1.54, 1.807) is 13.0 Å². The fraction of sp³-hybridized carbons (Fsp3) is 0.167. The van der Waals surface area contributed by atoms with Gasteiger partial charge in [0, 0.05) is 17.8 Å². The van der Waals surface area contributed by atoms with Gasteiger partial charge in [-0.25, -0.2) is 17.9 Å². The number of hydrogen-bond acceptors (Lipinski definition) is 5. The highest BCUT2D eigenvalue weighted by Gasteiger charge is 2.21. The van der Waals surface area contributed by atoms with Crippen molar-refractivity contribution in [2.45, 2.75) is 24.8 Å². The van der Waals surface area contributed by atoms with E-state index in [1.807, 2.05) is 48.5 Å². The molecule has 1 amide bonds. The van der Waals surface area contributed by atoms with Gasteiger partial charge in [-0.1, -0.05) is 55.5 Å². The Bertz CT molecular complexity index is 1190. The molecule has 0 aliphatic rings. The number of ether oxygens (including phenoxy) is 1. The number of amides is 1. The molecule has 3 aromatic carbocycles. The molecule has 0 saturated heterocycles. The topological polar surface area (TPSA) is 102 Å². The molecule has 7 nitrogen and oxygen atoms in total. The number of carbonyl (C=O) groups excluding carboxylic acids is 2. The van der Waals surface area contributed by atoms with E-state index in [4.69, 9.17) is 4.74 Å². The lowest BCUT2D eigenvalue weighted by molar-refractivity contribution is -0.123. The zero-order chi connectivity index (χ0) is 23.1. The molecule has 1 unspecified atom stereocenters. The summed E-state index contributed by atoms with van der Waals surface area (Å²) in [5.74, 6) is -1.20. The van der Waals surface area contributed by atoms with Gasteiger partial charge in [-0.15, -0.1) is 0 Å². The molecule has 1 atom stereocenters. The second kappa shape index (κ2) is 10.2. The summed E-state index contributed by atoms with van der Waals surface area (Å²) in [7, 11) is -3.62. The van der Waals surface area contributed by atoms with Crippen molar-refractivity contribution in [3.8, 4) is 11.1 Å². The number of anilines is 1. The quantitative estimate of drug-likeness (QED) is 0.506. The lowest BCUT2D eigenvalue weighted by Crippen LogP contribution is -2.30. The van der Waals surface area contributed by atoms with Crippen LogP contribution in [0.1, 0.15) is 24.2 Å². The van der Waals surface area contributed by atoms with Crippen LogP contribution < -0.4 is 10.0 Å². The van der Waals surface area contributed by atoms with Gasteiger partial charge in [0.15, 0.2) is 6.10 Å². The molecule has 0 heterocycles. The third-order valence-electron chi connectivity index (χ3n) is 4.66. The van der Waals surface area contributed by atoms with Crippen LogP contribution in [0.15, 0.2) is 83.8 Å². The highest BCUT2D eigenvalue weighted by atomic mass is 32.2. The van der Waals surface area contributed by atoms with Gasteiger partial charge < -0.3 is 10.1 Å². The molecule has 2 N–H and O–H groups in total. The molecule has 0 aliphatic heterocycles. The number of esters is 1. The monoisotopic (exact) mass is 452 g/mol. The van der Waals surface area contributed by atoms with Crippen LogP contribution in [0.4, 0.5) is 5.69 Å². The van der Waals surface area contributed by atoms with Crippen LogP contribution in [0.25, 0.3) is 11.1 Å². The third-order valence-corrected chi connectivity index (χ3v) is 6.22. The number of nitrogens with one attached hydrogen (secondary N) is 2. The molecule has 0 bridgehead atoms. The van der Waals surface area contributed by atoms with Gasteiger partial charge in [-0.2, -0.15) is 0 Å². The summed E-state index contributed by atoms with van der Waals surface area (Å²) in [6.45, 7) is 3.41. The zero-order valence-electron chi connectivity index (χ0n) is 17.7. The Labute approximate surface area is 187 Å². The fourth-order valence-electron chi connectivity index (χ4n) is 3.02. The second-order valence-electron chi connectivity index (χ2n) is 6.97. The molecule has 8 heteroatoms. The molecule has 3 rings (SSSR count). The fourth-order valence-corrected chi connectivity index (χ4v) is 4.06. The Morgan fingerprint density at radius 1 is 0.906 bits per heavy atom. The highest BCUT2D eigenvalue weighted by Crippen LogP contribution is 2.27. The first-order chi connectivity index (χ1) is 15.3. The third kappa shape index (κ3) is 5.60. The molecular weight excluding hydrogens is 428 g/mol. The van der Waals surface area contributed by atoms with E-state index in [0.29, 0.717) is 5.69 Å². The summed E-state index contributed by atoms with van der Waals surface area (Å²) in [5, 5.41) is 2.80. The van der Waals surface area contributed by atoms with Crippen molar-refractivity contribution in [1.29, 1.82) is 0 Å². The van der Waals surface area contributed by atoms with E-state index in [-0.39, 0.29) is 17.0 Å². The molecule has 0 aliphatic carbocycles. The van der Waals surface area contributed by atoms with Gasteiger partial charge >= 0.3 is 5.97 Å². The smallest absolute Gasteiger partial charge is 0.338 e. The summed E-state index contributed by atoms with van der Waals surface area (Å²) < 4.78 is 31.7. The number of carbonyl (C=O) groups is 2. The van der Waals surface area contributed by atoms with Gasteiger partial charge in [0.25, 0.3) is 5.91 Å². The summed E-state index contributed by atoms with van der Waals surface area (Å²) in [4.78, 5) is 25.1. The maximum Gasteiger partial charge on any atom is 0.338 e. The van der Waals surface area contributed by atoms with Gasteiger partial charge in [0.05, 0.1) is 10.5 Å². The minimum atomic E-state index is -3.62. The van der Waals surface area contributed by atoms with Gasteiger partial charge in [0.2, 0.25) is 10.0 Å². The van der Waals surface area contributed by atoms with Crippen molar-refractivity contribution in [2.24, 2.45) is 0 Å². The first-order valence-electron chi connectivity index (χ1n) is 10.1. The Balaban J connectivity index is 1.67. The van der Waals surface area contributed by atoms with Crippen molar-refractivity contribution < 1.29 is 22.7 Å². The van der Waals surface area contributed by atoms with E-state index in [2.05, 4.69) is 10.0 Å². The summed E-state index contributed by atoms with van der Waals surface area (Å²) in [6, 6.07) is 22.3. The molecule has 166 valence electrons. The predicted molar refractivity (Wildman–Crippen MR) is 123 cm³/mol. The lowest BCUT2D eigenvalue weighted by atomic mass is 10.0. The molecular formula is C24H24N2O5S. The van der Waals surface area contributed by atoms with Crippen molar-refractivity contribution >= 4 is 27.6 Å². The van der Waals surface area contributed by atoms with Crippen molar-refractivity contribution in [3.05, 3.63) is 84.4 Å². The van der Waals surface area contributed by atoms with Gasteiger partial charge in [-0.3, -0.25) is 4.79 Å². The first kappa shape index (κ1) is 23.2. The van der Waals surface area contributed by atoms with Crippen LogP contribution in [0.3, 0.4) is 0 Å². The SMILES string of the molecule is CCNS(=O)(=O)c1ccc(C(=O)OC(C)C(=O)Nc2ccccc2-c2ccccc2)cc1. The Hall–Kier alpha value is -3.49. The van der Waals surface area contributed by atoms with E-state index in [0.717, 1.165) is 11.1 Å². The first-order valence-corrected chi connectivity index (χ1v) is 11.6. The molecule has 0 fully saturated rings. The average molecular weight is 453 g/mol. The molecule has 0 saturated carbocycles. The van der Waals surface area contributed by atoms with Crippen molar-refractivity contribution in [3.63, 3.8) is 0 Å². The van der Waals surface area contributed by atoms with Crippen LogP contribution in [0.2, 0.25) is 0 Å². The van der Waals surface area contributed by atoms with Crippen LogP contribution in [0.5, 0.6) is 0 Å². The largest absolute Gasteiger partial charge is 0.449 e. The van der Waals surface area contributed by atoms with E-state index < -0.39 is 28.0 Å². The zero-order valence-corrected chi connectivity index (χ0v) is 18.6. The minimum Gasteiger partial charge on any atom is -0.449 e. The molecule has 3 aromatic rings. The highest BCUT2D eigenvalue weighted by molar-refractivity contribution is 7.89. The minimum absolute atomic E-state index is 0.0409. The normalized spacial score (nSPS) is 12.1. The molecule has 0 radical (unpaired) electrons. The number of benzene rings is 3. The number of sulfonamides is 1. The molecule has 0 spiro atoms. The number of rotatable bonds is 8. The van der Waals surface area contributed by atoms with E-state index >= 15 is 0 Å². The maximum absolute atomic E-state index is 12.6. The summed E-state index contributed by atoms with van der Waals surface area (Å²) in [5.41, 5.74) is 2.53.